The van der Waals surface area contributed by atoms with Gasteiger partial charge >= 0.3 is 0 Å². The highest BCUT2D eigenvalue weighted by Gasteiger charge is 2.23. The van der Waals surface area contributed by atoms with Crippen molar-refractivity contribution >= 4 is 5.91 Å². The van der Waals surface area contributed by atoms with Crippen LogP contribution in [0.15, 0.2) is 18.2 Å². The monoisotopic (exact) mass is 292 g/mol. The van der Waals surface area contributed by atoms with Crippen molar-refractivity contribution in [2.45, 2.75) is 39.3 Å². The molecule has 1 aliphatic rings. The molecule has 1 amide bonds. The molecule has 0 bridgehead atoms. The van der Waals surface area contributed by atoms with Gasteiger partial charge in [-0.25, -0.2) is 0 Å². The average Bonchev–Trinajstić information content (AvgIpc) is 2.46. The summed E-state index contributed by atoms with van der Waals surface area (Å²) in [4.78, 5) is 13.8. The Hall–Kier alpha value is -1.75. The van der Waals surface area contributed by atoms with Crippen LogP contribution in [-0.4, -0.2) is 40.2 Å². The van der Waals surface area contributed by atoms with Crippen molar-refractivity contribution in [1.82, 2.24) is 10.2 Å². The lowest BCUT2D eigenvalue weighted by molar-refractivity contribution is -0.135. The molecule has 2 rings (SSSR count). The first-order chi connectivity index (χ1) is 9.97. The molecule has 1 aliphatic heterocycles. The van der Waals surface area contributed by atoms with Gasteiger partial charge in [-0.05, 0) is 18.9 Å². The Bertz CT molecular complexity index is 494. The maximum atomic E-state index is 11.9. The van der Waals surface area contributed by atoms with Crippen LogP contribution in [0.3, 0.4) is 0 Å². The SMILES string of the molecule is CC(C)C(=O)N1CCC(NCc2ccc(O)cc2O)CC1. The third-order valence-electron chi connectivity index (χ3n) is 3.95. The molecule has 116 valence electrons. The number of nitrogens with zero attached hydrogens (tertiary/aromatic N) is 1. The van der Waals surface area contributed by atoms with E-state index in [2.05, 4.69) is 5.32 Å². The van der Waals surface area contributed by atoms with E-state index < -0.39 is 0 Å². The van der Waals surface area contributed by atoms with Crippen LogP contribution in [0.5, 0.6) is 11.5 Å². The number of phenolic OH excluding ortho intramolecular Hbond substituents is 2. The van der Waals surface area contributed by atoms with Gasteiger partial charge in [-0.1, -0.05) is 19.9 Å². The van der Waals surface area contributed by atoms with Gasteiger partial charge < -0.3 is 20.4 Å². The molecule has 1 saturated heterocycles. The number of phenols is 2. The summed E-state index contributed by atoms with van der Waals surface area (Å²) in [5, 5.41) is 22.4. The number of piperidine rings is 1. The van der Waals surface area contributed by atoms with Crippen molar-refractivity contribution in [3.63, 3.8) is 0 Å². The molecular formula is C16H24N2O3. The van der Waals surface area contributed by atoms with E-state index in [1.807, 2.05) is 18.7 Å². The van der Waals surface area contributed by atoms with Gasteiger partial charge in [0.25, 0.3) is 0 Å². The molecule has 1 aromatic rings. The Kier molecular flexibility index (Phi) is 5.07. The molecule has 5 nitrogen and oxygen atoms in total. The van der Waals surface area contributed by atoms with Crippen LogP contribution in [-0.2, 0) is 11.3 Å². The smallest absolute Gasteiger partial charge is 0.225 e. The first-order valence-corrected chi connectivity index (χ1v) is 7.50. The molecule has 3 N–H and O–H groups in total. The third-order valence-corrected chi connectivity index (χ3v) is 3.95. The summed E-state index contributed by atoms with van der Waals surface area (Å²) in [5.74, 6) is 0.458. The fourth-order valence-corrected chi connectivity index (χ4v) is 2.63. The number of hydrogen-bond acceptors (Lipinski definition) is 4. The first kappa shape index (κ1) is 15.6. The van der Waals surface area contributed by atoms with Gasteiger partial charge in [0.2, 0.25) is 5.91 Å². The van der Waals surface area contributed by atoms with E-state index in [1.165, 1.54) is 6.07 Å². The number of carbonyl (C=O) groups is 1. The number of amides is 1. The number of nitrogens with one attached hydrogen (secondary N) is 1. The number of benzene rings is 1. The molecule has 0 radical (unpaired) electrons. The fraction of sp³-hybridized carbons (Fsp3) is 0.562. The number of aromatic hydroxyl groups is 2. The molecule has 0 unspecified atom stereocenters. The van der Waals surface area contributed by atoms with E-state index in [0.717, 1.165) is 31.5 Å². The summed E-state index contributed by atoms with van der Waals surface area (Å²) in [7, 11) is 0. The van der Waals surface area contributed by atoms with Crippen molar-refractivity contribution in [2.75, 3.05) is 13.1 Å². The van der Waals surface area contributed by atoms with Crippen molar-refractivity contribution < 1.29 is 15.0 Å². The minimum Gasteiger partial charge on any atom is -0.508 e. The summed E-state index contributed by atoms with van der Waals surface area (Å²) in [6.07, 6.45) is 1.86. The van der Waals surface area contributed by atoms with Gasteiger partial charge in [0.05, 0.1) is 0 Å². The molecule has 1 fully saturated rings. The van der Waals surface area contributed by atoms with E-state index in [9.17, 15) is 15.0 Å². The fourth-order valence-electron chi connectivity index (χ4n) is 2.63. The van der Waals surface area contributed by atoms with Gasteiger partial charge in [0.1, 0.15) is 11.5 Å². The predicted octanol–water partition coefficient (Wildman–Crippen LogP) is 1.83. The van der Waals surface area contributed by atoms with E-state index in [0.29, 0.717) is 12.6 Å². The second-order valence-electron chi connectivity index (χ2n) is 5.95. The van der Waals surface area contributed by atoms with Gasteiger partial charge in [-0.15, -0.1) is 0 Å². The number of carbonyl (C=O) groups excluding carboxylic acids is 1. The zero-order chi connectivity index (χ0) is 15.4. The molecule has 0 aliphatic carbocycles. The highest BCUT2D eigenvalue weighted by Crippen LogP contribution is 2.23. The maximum Gasteiger partial charge on any atom is 0.225 e. The van der Waals surface area contributed by atoms with Gasteiger partial charge in [-0.3, -0.25) is 4.79 Å². The predicted molar refractivity (Wildman–Crippen MR) is 81.1 cm³/mol. The molecule has 21 heavy (non-hydrogen) atoms. The standard InChI is InChI=1S/C16H24N2O3/c1-11(2)16(21)18-7-5-13(6-8-18)17-10-12-3-4-14(19)9-15(12)20/h3-4,9,11,13,17,19-20H,5-8,10H2,1-2H3. The Labute approximate surface area is 125 Å². The average molecular weight is 292 g/mol. The van der Waals surface area contributed by atoms with Crippen LogP contribution in [0.25, 0.3) is 0 Å². The van der Waals surface area contributed by atoms with Crippen LogP contribution >= 0.6 is 0 Å². The lowest BCUT2D eigenvalue weighted by Crippen LogP contribution is -2.45. The van der Waals surface area contributed by atoms with E-state index >= 15 is 0 Å². The quantitative estimate of drug-likeness (QED) is 0.791. The molecule has 1 heterocycles. The first-order valence-electron chi connectivity index (χ1n) is 7.50. The summed E-state index contributed by atoms with van der Waals surface area (Å²) in [5.41, 5.74) is 0.772. The van der Waals surface area contributed by atoms with Crippen LogP contribution in [0.1, 0.15) is 32.3 Å². The highest BCUT2D eigenvalue weighted by atomic mass is 16.3. The zero-order valence-electron chi connectivity index (χ0n) is 12.7. The van der Waals surface area contributed by atoms with Crippen molar-refractivity contribution in [1.29, 1.82) is 0 Å². The lowest BCUT2D eigenvalue weighted by atomic mass is 10.0. The van der Waals surface area contributed by atoms with E-state index in [-0.39, 0.29) is 23.3 Å². The van der Waals surface area contributed by atoms with Crippen molar-refractivity contribution in [3.05, 3.63) is 23.8 Å². The zero-order valence-corrected chi connectivity index (χ0v) is 12.7. The number of rotatable bonds is 4. The second-order valence-corrected chi connectivity index (χ2v) is 5.95. The molecule has 5 heteroatoms. The summed E-state index contributed by atoms with van der Waals surface area (Å²) in [6, 6.07) is 4.99. The van der Waals surface area contributed by atoms with Crippen LogP contribution in [0.2, 0.25) is 0 Å². The van der Waals surface area contributed by atoms with Crippen LogP contribution in [0, 0.1) is 5.92 Å². The third kappa shape index (κ3) is 4.11. The Morgan fingerprint density at radius 1 is 1.33 bits per heavy atom. The topological polar surface area (TPSA) is 72.8 Å². The number of likely N-dealkylation sites (tertiary alicyclic amines) is 1. The summed E-state index contributed by atoms with van der Waals surface area (Å²) < 4.78 is 0. The normalized spacial score (nSPS) is 16.4. The second kappa shape index (κ2) is 6.80. The number of hydrogen-bond donors (Lipinski definition) is 3. The van der Waals surface area contributed by atoms with Crippen molar-refractivity contribution in [3.8, 4) is 11.5 Å². The lowest BCUT2D eigenvalue weighted by Gasteiger charge is -2.33. The van der Waals surface area contributed by atoms with E-state index in [4.69, 9.17) is 0 Å². The van der Waals surface area contributed by atoms with Crippen molar-refractivity contribution in [2.24, 2.45) is 5.92 Å². The molecule has 0 spiro atoms. The van der Waals surface area contributed by atoms with Gasteiger partial charge in [0, 0.05) is 43.2 Å². The Morgan fingerprint density at radius 2 is 2.00 bits per heavy atom. The minimum absolute atomic E-state index is 0.0588. The van der Waals surface area contributed by atoms with E-state index in [1.54, 1.807) is 12.1 Å². The summed E-state index contributed by atoms with van der Waals surface area (Å²) in [6.45, 7) is 6.00. The van der Waals surface area contributed by atoms with Crippen LogP contribution in [0.4, 0.5) is 0 Å². The molecular weight excluding hydrogens is 268 g/mol. The largest absolute Gasteiger partial charge is 0.508 e. The summed E-state index contributed by atoms with van der Waals surface area (Å²) >= 11 is 0. The van der Waals surface area contributed by atoms with Gasteiger partial charge in [0.15, 0.2) is 0 Å². The minimum atomic E-state index is 0.0588. The molecule has 0 aromatic heterocycles. The molecule has 1 aromatic carbocycles. The van der Waals surface area contributed by atoms with Gasteiger partial charge in [-0.2, -0.15) is 0 Å². The Morgan fingerprint density at radius 3 is 2.57 bits per heavy atom. The highest BCUT2D eigenvalue weighted by molar-refractivity contribution is 5.78. The molecule has 0 atom stereocenters. The molecule has 0 saturated carbocycles. The Balaban J connectivity index is 1.80. The van der Waals surface area contributed by atoms with Crippen LogP contribution < -0.4 is 5.32 Å². The maximum absolute atomic E-state index is 11.9.